The Kier molecular flexibility index (Phi) is 8.75. The molecular weight excluding hydrogens is 535 g/mol. The molecule has 1 aromatic carbocycles. The van der Waals surface area contributed by atoms with Crippen LogP contribution in [0.15, 0.2) is 49.2 Å². The molecule has 0 atom stereocenters. The summed E-state index contributed by atoms with van der Waals surface area (Å²) in [5.74, 6) is -2.38. The number of aryl methyl sites for hydroxylation is 1. The van der Waals surface area contributed by atoms with E-state index in [1.807, 2.05) is 0 Å². The number of aromatic nitrogens is 3. The van der Waals surface area contributed by atoms with Crippen molar-refractivity contribution in [1.82, 2.24) is 30.1 Å². The minimum atomic E-state index is -3.89. The Hall–Kier alpha value is -3.35. The molecule has 3 aromatic rings. The second-order valence-corrected chi connectivity index (χ2v) is 11.6. The molecule has 0 aliphatic heterocycles. The number of nitrogens with one attached hydrogen (secondary N) is 3. The van der Waals surface area contributed by atoms with Gasteiger partial charge in [0.1, 0.15) is 0 Å². The van der Waals surface area contributed by atoms with E-state index in [1.54, 1.807) is 48.7 Å². The molecule has 1 aliphatic carbocycles. The van der Waals surface area contributed by atoms with Crippen molar-refractivity contribution in [3.05, 3.63) is 71.2 Å². The number of carbonyl (C=O) groups is 2. The van der Waals surface area contributed by atoms with Crippen molar-refractivity contribution in [2.24, 2.45) is 13.0 Å². The molecule has 13 heteroatoms. The molecule has 38 heavy (non-hydrogen) atoms. The van der Waals surface area contributed by atoms with Crippen molar-refractivity contribution in [2.45, 2.75) is 38.1 Å². The van der Waals surface area contributed by atoms with Crippen LogP contribution in [0.25, 0.3) is 11.3 Å². The molecule has 2 amide bonds. The van der Waals surface area contributed by atoms with E-state index in [0.717, 1.165) is 5.56 Å². The molecule has 0 radical (unpaired) electrons. The smallest absolute Gasteiger partial charge is 0.269 e. The monoisotopic (exact) mass is 562 g/mol. The van der Waals surface area contributed by atoms with Crippen LogP contribution in [0, 0.1) is 11.7 Å². The van der Waals surface area contributed by atoms with Crippen molar-refractivity contribution < 1.29 is 22.4 Å². The van der Waals surface area contributed by atoms with Gasteiger partial charge >= 0.3 is 0 Å². The van der Waals surface area contributed by atoms with Gasteiger partial charge in [-0.15, -0.1) is 4.83 Å². The Morgan fingerprint density at radius 2 is 1.87 bits per heavy atom. The number of hydrogen-bond donors (Lipinski definition) is 3. The molecule has 1 fully saturated rings. The summed E-state index contributed by atoms with van der Waals surface area (Å²) in [7, 11) is -2.13. The van der Waals surface area contributed by atoms with E-state index in [9.17, 15) is 22.4 Å². The number of pyridine rings is 1. The second kappa shape index (κ2) is 12.0. The summed E-state index contributed by atoms with van der Waals surface area (Å²) < 4.78 is 41.5. The van der Waals surface area contributed by atoms with Gasteiger partial charge in [0, 0.05) is 37.2 Å². The van der Waals surface area contributed by atoms with Gasteiger partial charge in [-0.25, -0.2) is 17.8 Å². The molecule has 1 saturated carbocycles. The van der Waals surface area contributed by atoms with Crippen LogP contribution in [0.4, 0.5) is 4.39 Å². The summed E-state index contributed by atoms with van der Waals surface area (Å²) in [6.45, 7) is 0. The van der Waals surface area contributed by atoms with E-state index >= 15 is 0 Å². The predicted octanol–water partition coefficient (Wildman–Crippen LogP) is 2.76. The first-order chi connectivity index (χ1) is 18.1. The molecule has 2 aromatic heterocycles. The van der Waals surface area contributed by atoms with Gasteiger partial charge in [0.25, 0.3) is 5.91 Å². The number of hydrazine groups is 1. The number of nitrogens with zero attached hydrogens (tertiary/aromatic N) is 3. The van der Waals surface area contributed by atoms with Crippen molar-refractivity contribution in [2.75, 3.05) is 5.75 Å². The highest BCUT2D eigenvalue weighted by molar-refractivity contribution is 7.89. The van der Waals surface area contributed by atoms with Crippen molar-refractivity contribution >= 4 is 33.4 Å². The Bertz CT molecular complexity index is 1410. The largest absolute Gasteiger partial charge is 0.353 e. The van der Waals surface area contributed by atoms with Crippen LogP contribution < -0.4 is 15.6 Å². The Morgan fingerprint density at radius 3 is 2.53 bits per heavy atom. The number of amides is 2. The summed E-state index contributed by atoms with van der Waals surface area (Å²) in [4.78, 5) is 35.1. The number of halogens is 2. The molecule has 2 heterocycles. The maximum atomic E-state index is 14.6. The number of hydrogen-bond acceptors (Lipinski definition) is 6. The van der Waals surface area contributed by atoms with E-state index in [0.29, 0.717) is 36.9 Å². The molecule has 0 unspecified atom stereocenters. The van der Waals surface area contributed by atoms with Crippen LogP contribution in [-0.2, 0) is 28.3 Å². The molecule has 1 aliphatic rings. The fraction of sp³-hybridized carbons (Fsp3) is 0.360. The lowest BCUT2D eigenvalue weighted by atomic mass is 9.87. The lowest BCUT2D eigenvalue weighted by Crippen LogP contribution is -2.45. The average Bonchev–Trinajstić information content (AvgIpc) is 3.32. The summed E-state index contributed by atoms with van der Waals surface area (Å²) in [6.07, 6.45) is 9.26. The van der Waals surface area contributed by atoms with Gasteiger partial charge in [-0.3, -0.25) is 20.0 Å². The van der Waals surface area contributed by atoms with Crippen LogP contribution in [0.2, 0.25) is 5.02 Å². The minimum Gasteiger partial charge on any atom is -0.353 e. The van der Waals surface area contributed by atoms with Gasteiger partial charge in [0.2, 0.25) is 15.9 Å². The summed E-state index contributed by atoms with van der Waals surface area (Å²) >= 11 is 5.97. The molecular formula is C25H28ClFN6O4S. The highest BCUT2D eigenvalue weighted by Gasteiger charge is 2.27. The van der Waals surface area contributed by atoms with Gasteiger partial charge in [-0.2, -0.15) is 0 Å². The molecule has 3 N–H and O–H groups in total. The Balaban J connectivity index is 1.27. The number of imidazole rings is 1. The number of sulfonamides is 1. The summed E-state index contributed by atoms with van der Waals surface area (Å²) in [6, 6.07) is 6.16. The Labute approximate surface area is 225 Å². The minimum absolute atomic E-state index is 0.0185. The van der Waals surface area contributed by atoms with Gasteiger partial charge in [0.15, 0.2) is 5.82 Å². The Morgan fingerprint density at radius 1 is 1.16 bits per heavy atom. The zero-order chi connectivity index (χ0) is 27.3. The zero-order valence-corrected chi connectivity index (χ0v) is 22.2. The maximum absolute atomic E-state index is 14.6. The first-order valence-corrected chi connectivity index (χ1v) is 14.1. The van der Waals surface area contributed by atoms with Crippen LogP contribution in [0.5, 0.6) is 0 Å². The number of carbonyl (C=O) groups excluding carboxylic acids is 2. The van der Waals surface area contributed by atoms with Crippen molar-refractivity contribution in [3.63, 3.8) is 0 Å². The van der Waals surface area contributed by atoms with Gasteiger partial charge < -0.3 is 9.88 Å². The van der Waals surface area contributed by atoms with Crippen molar-refractivity contribution in [1.29, 1.82) is 0 Å². The van der Waals surface area contributed by atoms with Gasteiger partial charge in [-0.1, -0.05) is 11.6 Å². The maximum Gasteiger partial charge on any atom is 0.269 e. The molecule has 4 rings (SSSR count). The van der Waals surface area contributed by atoms with E-state index in [1.165, 1.54) is 12.1 Å². The van der Waals surface area contributed by atoms with Crippen molar-refractivity contribution in [3.8, 4) is 11.3 Å². The predicted molar refractivity (Wildman–Crippen MR) is 140 cm³/mol. The molecule has 0 spiro atoms. The topological polar surface area (TPSA) is 135 Å². The SMILES string of the molecule is Cn1cnc(-c2cc(Cl)c(F)c(C(=O)NNS(=O)(=O)CC3CCC(NC(=O)Cc4ccncc4)CC3)c2)c1. The van der Waals surface area contributed by atoms with Gasteiger partial charge in [0.05, 0.1) is 34.8 Å². The third-order valence-corrected chi connectivity index (χ3v) is 7.97. The molecule has 10 nitrogen and oxygen atoms in total. The van der Waals surface area contributed by atoms with Gasteiger partial charge in [-0.05, 0) is 61.4 Å². The molecule has 0 bridgehead atoms. The third-order valence-electron chi connectivity index (χ3n) is 6.37. The number of rotatable bonds is 9. The van der Waals surface area contributed by atoms with Crippen LogP contribution >= 0.6 is 11.6 Å². The highest BCUT2D eigenvalue weighted by atomic mass is 35.5. The third kappa shape index (κ3) is 7.36. The molecule has 202 valence electrons. The average molecular weight is 563 g/mol. The summed E-state index contributed by atoms with van der Waals surface area (Å²) in [5, 5.41) is 2.72. The van der Waals surface area contributed by atoms with E-state index < -0.39 is 27.3 Å². The summed E-state index contributed by atoms with van der Waals surface area (Å²) in [5.41, 5.74) is 3.43. The first kappa shape index (κ1) is 27.7. The van der Waals surface area contributed by atoms with Crippen LogP contribution in [-0.4, -0.2) is 46.6 Å². The van der Waals surface area contributed by atoms with Crippen LogP contribution in [0.1, 0.15) is 41.6 Å². The fourth-order valence-electron chi connectivity index (χ4n) is 4.45. The molecule has 0 saturated heterocycles. The lowest BCUT2D eigenvalue weighted by molar-refractivity contribution is -0.121. The quantitative estimate of drug-likeness (QED) is 0.343. The number of benzene rings is 1. The highest BCUT2D eigenvalue weighted by Crippen LogP contribution is 2.27. The zero-order valence-electron chi connectivity index (χ0n) is 20.7. The standard InChI is InChI=1S/C25H28ClFN6O4S/c1-33-13-22(29-15-33)18-11-20(24(27)21(26)12-18)25(35)31-32-38(36,37)14-17-2-4-19(5-3-17)30-23(34)10-16-6-8-28-9-7-16/h6-9,11-13,15,17,19,32H,2-5,10,14H2,1H3,(H,30,34)(H,31,35). The first-order valence-electron chi connectivity index (χ1n) is 12.0. The van der Waals surface area contributed by atoms with Crippen LogP contribution in [0.3, 0.4) is 0 Å². The fourth-order valence-corrected chi connectivity index (χ4v) is 5.95. The second-order valence-electron chi connectivity index (χ2n) is 9.40. The lowest BCUT2D eigenvalue weighted by Gasteiger charge is -2.29. The normalized spacial score (nSPS) is 17.7. The van der Waals surface area contributed by atoms with E-state index in [2.05, 4.69) is 25.5 Å². The van der Waals surface area contributed by atoms with E-state index in [-0.39, 0.29) is 35.1 Å². The van der Waals surface area contributed by atoms with E-state index in [4.69, 9.17) is 11.6 Å².